The second-order valence-electron chi connectivity index (χ2n) is 4.33. The van der Waals surface area contributed by atoms with Crippen molar-refractivity contribution in [1.82, 2.24) is 4.98 Å². The van der Waals surface area contributed by atoms with Crippen molar-refractivity contribution in [2.75, 3.05) is 5.32 Å². The summed E-state index contributed by atoms with van der Waals surface area (Å²) in [6, 6.07) is 7.63. The molecule has 3 N–H and O–H groups in total. The van der Waals surface area contributed by atoms with Crippen LogP contribution in [-0.2, 0) is 6.54 Å². The number of rotatable bonds is 4. The molecule has 0 amide bonds. The van der Waals surface area contributed by atoms with E-state index in [1.54, 1.807) is 0 Å². The highest BCUT2D eigenvalue weighted by atomic mass is 127. The van der Waals surface area contributed by atoms with E-state index in [1.165, 1.54) is 30.5 Å². The van der Waals surface area contributed by atoms with Crippen LogP contribution in [0, 0.1) is 5.82 Å². The van der Waals surface area contributed by atoms with Crippen LogP contribution in [0.25, 0.3) is 0 Å². The molecule has 2 aromatic rings. The lowest BCUT2D eigenvalue weighted by atomic mass is 10.3. The number of nitrogens with two attached hydrogens (primary N) is 1. The molecule has 1 aromatic heterocycles. The van der Waals surface area contributed by atoms with Crippen LogP contribution in [-0.4, -0.2) is 17.3 Å². The summed E-state index contributed by atoms with van der Waals surface area (Å²) in [6.07, 6.45) is -3.32. The van der Waals surface area contributed by atoms with Gasteiger partial charge in [0.2, 0.25) is 0 Å². The molecular weight excluding hydrogens is 443 g/mol. The number of nitrogens with zero attached hydrogens (tertiary/aromatic N) is 2. The number of nitrogens with one attached hydrogen (secondary N) is 1. The maximum atomic E-state index is 13.3. The summed E-state index contributed by atoms with van der Waals surface area (Å²) >= 11 is 0. The molecule has 1 aromatic carbocycles. The summed E-state index contributed by atoms with van der Waals surface area (Å²) < 4.78 is 53.2. The van der Waals surface area contributed by atoms with Crippen molar-refractivity contribution in [3.8, 4) is 5.75 Å². The van der Waals surface area contributed by atoms with Crippen LogP contribution in [0.4, 0.5) is 23.2 Å². The topological polar surface area (TPSA) is 72.5 Å². The Balaban J connectivity index is 0.00000288. The maximum absolute atomic E-state index is 13.3. The highest BCUT2D eigenvalue weighted by Gasteiger charge is 2.30. The Morgan fingerprint density at radius 3 is 2.46 bits per heavy atom. The lowest BCUT2D eigenvalue weighted by molar-refractivity contribution is -0.274. The molecule has 0 fully saturated rings. The van der Waals surface area contributed by atoms with Gasteiger partial charge in [-0.05, 0) is 36.4 Å². The first-order valence-electron chi connectivity index (χ1n) is 6.35. The summed E-state index contributed by atoms with van der Waals surface area (Å²) in [5.41, 5.74) is 6.16. The number of aromatic nitrogens is 1. The maximum Gasteiger partial charge on any atom is 0.573 e. The number of halogens is 5. The molecule has 10 heteroatoms. The lowest BCUT2D eigenvalue weighted by Crippen LogP contribution is -2.22. The Morgan fingerprint density at radius 2 is 1.88 bits per heavy atom. The molecule has 0 bridgehead atoms. The Morgan fingerprint density at radius 1 is 1.21 bits per heavy atom. The molecule has 0 aliphatic rings. The van der Waals surface area contributed by atoms with E-state index >= 15 is 0 Å². The quantitative estimate of drug-likeness (QED) is 0.319. The average molecular weight is 456 g/mol. The van der Waals surface area contributed by atoms with Crippen molar-refractivity contribution in [2.45, 2.75) is 12.9 Å². The minimum absolute atomic E-state index is 0. The lowest BCUT2D eigenvalue weighted by Gasteiger charge is -2.10. The number of hydrogen-bond donors (Lipinski definition) is 2. The van der Waals surface area contributed by atoms with Crippen LogP contribution >= 0.6 is 24.0 Å². The van der Waals surface area contributed by atoms with Gasteiger partial charge in [-0.15, -0.1) is 37.1 Å². The van der Waals surface area contributed by atoms with Gasteiger partial charge in [0.1, 0.15) is 11.6 Å². The monoisotopic (exact) mass is 456 g/mol. The molecule has 24 heavy (non-hydrogen) atoms. The molecule has 0 aliphatic carbocycles. The minimum Gasteiger partial charge on any atom is -0.406 e. The first kappa shape index (κ1) is 19.9. The first-order valence-corrected chi connectivity index (χ1v) is 6.35. The van der Waals surface area contributed by atoms with Gasteiger partial charge >= 0.3 is 6.36 Å². The van der Waals surface area contributed by atoms with Crippen molar-refractivity contribution < 1.29 is 22.3 Å². The van der Waals surface area contributed by atoms with Gasteiger partial charge < -0.3 is 15.8 Å². The number of ether oxygens (including phenoxy) is 1. The van der Waals surface area contributed by atoms with Crippen LogP contribution in [0.3, 0.4) is 0 Å². The van der Waals surface area contributed by atoms with E-state index in [4.69, 9.17) is 5.73 Å². The first-order chi connectivity index (χ1) is 10.8. The summed E-state index contributed by atoms with van der Waals surface area (Å²) in [5, 5.41) is 2.66. The fourth-order valence-corrected chi connectivity index (χ4v) is 1.62. The standard InChI is InChI=1S/C14H12F4N4O.HI/c15-11-2-1-7-20-12(11)8-21-13(19)22-9-3-5-10(6-4-9)23-14(16,17)18;/h1-7H,8H2,(H3,19,21,22);1H. The van der Waals surface area contributed by atoms with Gasteiger partial charge in [0.25, 0.3) is 0 Å². The molecule has 0 unspecified atom stereocenters. The molecule has 0 atom stereocenters. The Labute approximate surface area is 152 Å². The number of anilines is 1. The molecule has 0 radical (unpaired) electrons. The zero-order valence-electron chi connectivity index (χ0n) is 12.0. The second-order valence-corrected chi connectivity index (χ2v) is 4.33. The third-order valence-electron chi connectivity index (χ3n) is 2.59. The van der Waals surface area contributed by atoms with Crippen molar-refractivity contribution in [3.63, 3.8) is 0 Å². The predicted octanol–water partition coefficient (Wildman–Crippen LogP) is 3.66. The number of guanidine groups is 1. The van der Waals surface area contributed by atoms with E-state index in [0.717, 1.165) is 12.1 Å². The number of pyridine rings is 1. The Hall–Kier alpha value is -2.11. The van der Waals surface area contributed by atoms with E-state index < -0.39 is 12.2 Å². The normalized spacial score (nSPS) is 11.6. The number of benzene rings is 1. The van der Waals surface area contributed by atoms with Gasteiger partial charge in [-0.3, -0.25) is 4.98 Å². The van der Waals surface area contributed by atoms with E-state index in [2.05, 4.69) is 20.0 Å². The molecule has 5 nitrogen and oxygen atoms in total. The van der Waals surface area contributed by atoms with Crippen molar-refractivity contribution in [1.29, 1.82) is 0 Å². The smallest absolute Gasteiger partial charge is 0.406 e. The van der Waals surface area contributed by atoms with E-state index in [1.807, 2.05) is 0 Å². The van der Waals surface area contributed by atoms with Crippen LogP contribution < -0.4 is 15.8 Å². The molecule has 0 saturated heterocycles. The summed E-state index contributed by atoms with van der Waals surface area (Å²) in [4.78, 5) is 7.72. The number of aliphatic imine (C=N–C) groups is 1. The largest absolute Gasteiger partial charge is 0.573 e. The van der Waals surface area contributed by atoms with E-state index in [9.17, 15) is 17.6 Å². The number of hydrogen-bond acceptors (Lipinski definition) is 3. The van der Waals surface area contributed by atoms with Gasteiger partial charge in [0.15, 0.2) is 5.96 Å². The SMILES string of the molecule is I.NC(=NCc1ncccc1F)Nc1ccc(OC(F)(F)F)cc1. The third kappa shape index (κ3) is 6.56. The molecule has 130 valence electrons. The zero-order chi connectivity index (χ0) is 16.9. The molecule has 1 heterocycles. The summed E-state index contributed by atoms with van der Waals surface area (Å²) in [6.45, 7) is -0.0687. The average Bonchev–Trinajstić information content (AvgIpc) is 2.47. The summed E-state index contributed by atoms with van der Waals surface area (Å²) in [7, 11) is 0. The van der Waals surface area contributed by atoms with Crippen molar-refractivity contribution in [2.24, 2.45) is 10.7 Å². The highest BCUT2D eigenvalue weighted by molar-refractivity contribution is 14.0. The van der Waals surface area contributed by atoms with Gasteiger partial charge in [-0.2, -0.15) is 0 Å². The van der Waals surface area contributed by atoms with Gasteiger partial charge in [0, 0.05) is 11.9 Å². The van der Waals surface area contributed by atoms with E-state index in [0.29, 0.717) is 5.69 Å². The van der Waals surface area contributed by atoms with Gasteiger partial charge in [0.05, 0.1) is 12.2 Å². The van der Waals surface area contributed by atoms with Crippen molar-refractivity contribution in [3.05, 3.63) is 54.1 Å². The Bertz CT molecular complexity index is 692. The van der Waals surface area contributed by atoms with Crippen LogP contribution in [0.2, 0.25) is 0 Å². The highest BCUT2D eigenvalue weighted by Crippen LogP contribution is 2.23. The predicted molar refractivity (Wildman–Crippen MR) is 91.7 cm³/mol. The van der Waals surface area contributed by atoms with Crippen LogP contribution in [0.15, 0.2) is 47.6 Å². The molecule has 0 spiro atoms. The fraction of sp³-hybridized carbons (Fsp3) is 0.143. The molecule has 2 rings (SSSR count). The van der Waals surface area contributed by atoms with E-state index in [-0.39, 0.29) is 47.9 Å². The fourth-order valence-electron chi connectivity index (χ4n) is 1.62. The van der Waals surface area contributed by atoms with Crippen LogP contribution in [0.1, 0.15) is 5.69 Å². The minimum atomic E-state index is -4.75. The number of alkyl halides is 3. The molecular formula is C14H13F4IN4O. The van der Waals surface area contributed by atoms with Crippen LogP contribution in [0.5, 0.6) is 5.75 Å². The van der Waals surface area contributed by atoms with Gasteiger partial charge in [-0.1, -0.05) is 0 Å². The Kier molecular flexibility index (Phi) is 7.19. The third-order valence-corrected chi connectivity index (χ3v) is 2.59. The summed E-state index contributed by atoms with van der Waals surface area (Å²) in [5.74, 6) is -0.883. The molecule has 0 aliphatic heterocycles. The second kappa shape index (κ2) is 8.66. The zero-order valence-corrected chi connectivity index (χ0v) is 14.4. The van der Waals surface area contributed by atoms with Gasteiger partial charge in [-0.25, -0.2) is 9.38 Å². The van der Waals surface area contributed by atoms with Crippen molar-refractivity contribution >= 4 is 35.6 Å². The molecule has 0 saturated carbocycles.